The molecule has 6 heteroatoms. The Labute approximate surface area is 127 Å². The standard InChI is InChI=1S/C15H16ClFN4/c16-13-10(18)8-11(19)15(14(13)17)21-7-1-2-12(21)9-3-5-20-6-4-9/h3-6,8,12H,1-2,7,18-19H2. The molecule has 4 nitrogen and oxygen atoms in total. The fourth-order valence-corrected chi connectivity index (χ4v) is 3.06. The minimum absolute atomic E-state index is 0.0698. The van der Waals surface area contributed by atoms with Crippen LogP contribution >= 0.6 is 11.6 Å². The van der Waals surface area contributed by atoms with Crippen LogP contribution in [-0.4, -0.2) is 11.5 Å². The first-order chi connectivity index (χ1) is 10.1. The van der Waals surface area contributed by atoms with Crippen molar-refractivity contribution < 1.29 is 4.39 Å². The van der Waals surface area contributed by atoms with Crippen LogP contribution in [0.3, 0.4) is 0 Å². The third-order valence-corrected chi connectivity index (χ3v) is 4.25. The lowest BCUT2D eigenvalue weighted by molar-refractivity contribution is 0.613. The van der Waals surface area contributed by atoms with E-state index < -0.39 is 5.82 Å². The SMILES string of the molecule is Nc1cc(N)c(N2CCCC2c2ccncc2)c(F)c1Cl. The predicted octanol–water partition coefficient (Wildman–Crippen LogP) is 3.38. The van der Waals surface area contributed by atoms with Crippen LogP contribution in [0.15, 0.2) is 30.6 Å². The van der Waals surface area contributed by atoms with Gasteiger partial charge in [-0.15, -0.1) is 0 Å². The number of nitrogens with zero attached hydrogens (tertiary/aromatic N) is 2. The first kappa shape index (κ1) is 13.9. The summed E-state index contributed by atoms with van der Waals surface area (Å²) in [5.74, 6) is -0.546. The summed E-state index contributed by atoms with van der Waals surface area (Å²) in [5.41, 5.74) is 13.5. The van der Waals surface area contributed by atoms with E-state index in [-0.39, 0.29) is 16.8 Å². The fourth-order valence-electron chi connectivity index (χ4n) is 2.92. The molecule has 0 radical (unpaired) electrons. The van der Waals surface area contributed by atoms with Gasteiger partial charge in [0.25, 0.3) is 0 Å². The molecule has 0 aliphatic carbocycles. The molecule has 1 unspecified atom stereocenters. The maximum atomic E-state index is 14.5. The van der Waals surface area contributed by atoms with Gasteiger partial charge in [-0.05, 0) is 36.6 Å². The normalized spacial score (nSPS) is 18.2. The van der Waals surface area contributed by atoms with Gasteiger partial charge in [-0.2, -0.15) is 0 Å². The van der Waals surface area contributed by atoms with Gasteiger partial charge in [0.2, 0.25) is 0 Å². The molecule has 0 amide bonds. The molecule has 1 fully saturated rings. The molecule has 4 N–H and O–H groups in total. The van der Waals surface area contributed by atoms with Crippen LogP contribution in [0.25, 0.3) is 0 Å². The number of aromatic nitrogens is 1. The lowest BCUT2D eigenvalue weighted by Gasteiger charge is -2.29. The molecule has 2 heterocycles. The van der Waals surface area contributed by atoms with Crippen molar-refractivity contribution in [3.8, 4) is 0 Å². The summed E-state index contributed by atoms with van der Waals surface area (Å²) >= 11 is 5.93. The third-order valence-electron chi connectivity index (χ3n) is 3.87. The predicted molar refractivity (Wildman–Crippen MR) is 83.8 cm³/mol. The first-order valence-electron chi connectivity index (χ1n) is 6.79. The Morgan fingerprint density at radius 1 is 1.24 bits per heavy atom. The van der Waals surface area contributed by atoms with Crippen LogP contribution in [0.1, 0.15) is 24.4 Å². The van der Waals surface area contributed by atoms with E-state index in [4.69, 9.17) is 23.1 Å². The Bertz CT molecular complexity index is 662. The van der Waals surface area contributed by atoms with E-state index in [1.165, 1.54) is 6.07 Å². The fraction of sp³-hybridized carbons (Fsp3) is 0.267. The number of benzene rings is 1. The van der Waals surface area contributed by atoms with Crippen LogP contribution in [0.5, 0.6) is 0 Å². The van der Waals surface area contributed by atoms with E-state index in [1.807, 2.05) is 17.0 Å². The van der Waals surface area contributed by atoms with Crippen molar-refractivity contribution in [2.75, 3.05) is 22.9 Å². The summed E-state index contributed by atoms with van der Waals surface area (Å²) in [6.07, 6.45) is 5.38. The van der Waals surface area contributed by atoms with Crippen molar-refractivity contribution in [2.24, 2.45) is 0 Å². The highest BCUT2D eigenvalue weighted by Crippen LogP contribution is 2.43. The lowest BCUT2D eigenvalue weighted by atomic mass is 10.1. The van der Waals surface area contributed by atoms with Crippen LogP contribution < -0.4 is 16.4 Å². The zero-order chi connectivity index (χ0) is 15.0. The molecular weight excluding hydrogens is 291 g/mol. The molecule has 1 aliphatic heterocycles. The molecule has 1 atom stereocenters. The summed E-state index contributed by atoms with van der Waals surface area (Å²) in [6, 6.07) is 5.47. The molecule has 3 rings (SSSR count). The van der Waals surface area contributed by atoms with Crippen LogP contribution in [-0.2, 0) is 0 Å². The minimum atomic E-state index is -0.546. The molecule has 0 spiro atoms. The summed E-state index contributed by atoms with van der Waals surface area (Å²) < 4.78 is 14.5. The number of anilines is 3. The van der Waals surface area contributed by atoms with Crippen LogP contribution in [0, 0.1) is 5.82 Å². The van der Waals surface area contributed by atoms with E-state index in [1.54, 1.807) is 12.4 Å². The van der Waals surface area contributed by atoms with Gasteiger partial charge in [-0.1, -0.05) is 11.6 Å². The monoisotopic (exact) mass is 306 g/mol. The highest BCUT2D eigenvalue weighted by Gasteiger charge is 2.30. The second kappa shape index (κ2) is 5.41. The molecule has 110 valence electrons. The van der Waals surface area contributed by atoms with Crippen molar-refractivity contribution in [3.63, 3.8) is 0 Å². The molecule has 2 aromatic rings. The third kappa shape index (κ3) is 2.38. The van der Waals surface area contributed by atoms with Gasteiger partial charge >= 0.3 is 0 Å². The van der Waals surface area contributed by atoms with E-state index in [2.05, 4.69) is 4.98 Å². The summed E-state index contributed by atoms with van der Waals surface area (Å²) in [5, 5.41) is -0.0698. The number of hydrogen-bond donors (Lipinski definition) is 2. The molecule has 0 bridgehead atoms. The molecule has 1 aromatic heterocycles. The quantitative estimate of drug-likeness (QED) is 0.835. The van der Waals surface area contributed by atoms with Crippen molar-refractivity contribution in [1.29, 1.82) is 0 Å². The summed E-state index contributed by atoms with van der Waals surface area (Å²) in [7, 11) is 0. The molecule has 1 aromatic carbocycles. The summed E-state index contributed by atoms with van der Waals surface area (Å²) in [4.78, 5) is 5.98. The van der Waals surface area contributed by atoms with Gasteiger partial charge in [0.15, 0.2) is 5.82 Å². The Balaban J connectivity index is 2.06. The average Bonchev–Trinajstić information content (AvgIpc) is 2.95. The van der Waals surface area contributed by atoms with E-state index in [0.717, 1.165) is 24.9 Å². The van der Waals surface area contributed by atoms with Crippen molar-refractivity contribution in [1.82, 2.24) is 4.98 Å². The largest absolute Gasteiger partial charge is 0.397 e. The molecule has 21 heavy (non-hydrogen) atoms. The van der Waals surface area contributed by atoms with Crippen molar-refractivity contribution in [3.05, 3.63) is 47.0 Å². The molecular formula is C15H16ClFN4. The Morgan fingerprint density at radius 2 is 1.95 bits per heavy atom. The lowest BCUT2D eigenvalue weighted by Crippen LogP contribution is -2.25. The number of nitrogens with two attached hydrogens (primary N) is 2. The van der Waals surface area contributed by atoms with Gasteiger partial charge in [-0.25, -0.2) is 4.39 Å². The van der Waals surface area contributed by atoms with E-state index >= 15 is 0 Å². The van der Waals surface area contributed by atoms with Gasteiger partial charge in [0.1, 0.15) is 5.02 Å². The highest BCUT2D eigenvalue weighted by molar-refractivity contribution is 6.33. The van der Waals surface area contributed by atoms with E-state index in [0.29, 0.717) is 11.4 Å². The second-order valence-electron chi connectivity index (χ2n) is 5.16. The number of hydrogen-bond acceptors (Lipinski definition) is 4. The van der Waals surface area contributed by atoms with Crippen molar-refractivity contribution in [2.45, 2.75) is 18.9 Å². The van der Waals surface area contributed by atoms with Crippen LogP contribution in [0.2, 0.25) is 5.02 Å². The number of pyridine rings is 1. The van der Waals surface area contributed by atoms with Gasteiger partial charge in [0.05, 0.1) is 23.1 Å². The zero-order valence-corrected chi connectivity index (χ0v) is 12.1. The van der Waals surface area contributed by atoms with Crippen molar-refractivity contribution >= 4 is 28.7 Å². The van der Waals surface area contributed by atoms with Gasteiger partial charge in [0, 0.05) is 18.9 Å². The Kier molecular flexibility index (Phi) is 3.59. The van der Waals surface area contributed by atoms with E-state index in [9.17, 15) is 4.39 Å². The second-order valence-corrected chi connectivity index (χ2v) is 5.54. The maximum Gasteiger partial charge on any atom is 0.169 e. The van der Waals surface area contributed by atoms with Gasteiger partial charge < -0.3 is 16.4 Å². The summed E-state index contributed by atoms with van der Waals surface area (Å²) in [6.45, 7) is 0.731. The topological polar surface area (TPSA) is 68.2 Å². The number of rotatable bonds is 2. The van der Waals surface area contributed by atoms with Gasteiger partial charge in [-0.3, -0.25) is 4.98 Å². The molecule has 1 saturated heterocycles. The smallest absolute Gasteiger partial charge is 0.169 e. The minimum Gasteiger partial charge on any atom is -0.397 e. The Morgan fingerprint density at radius 3 is 2.67 bits per heavy atom. The highest BCUT2D eigenvalue weighted by atomic mass is 35.5. The average molecular weight is 307 g/mol. The zero-order valence-electron chi connectivity index (χ0n) is 11.4. The number of halogens is 2. The van der Waals surface area contributed by atoms with Crippen LogP contribution in [0.4, 0.5) is 21.5 Å². The number of nitrogen functional groups attached to an aromatic ring is 2. The molecule has 1 aliphatic rings. The first-order valence-corrected chi connectivity index (χ1v) is 7.17. The Hall–Kier alpha value is -2.01. The maximum absolute atomic E-state index is 14.5. The molecule has 0 saturated carbocycles.